The molecule has 0 unspecified atom stereocenters. The Morgan fingerprint density at radius 2 is 2.20 bits per heavy atom. The maximum absolute atomic E-state index is 12.0. The predicted molar refractivity (Wildman–Crippen MR) is 82.1 cm³/mol. The molecule has 104 valence electrons. The zero-order chi connectivity index (χ0) is 14.1. The fraction of sp³-hybridized carbons (Fsp3) is 0.312. The summed E-state index contributed by atoms with van der Waals surface area (Å²) in [6, 6.07) is 7.99. The van der Waals surface area contributed by atoms with Crippen molar-refractivity contribution in [3.8, 4) is 5.75 Å². The Bertz CT molecular complexity index is 648. The van der Waals surface area contributed by atoms with Crippen molar-refractivity contribution in [1.82, 2.24) is 0 Å². The van der Waals surface area contributed by atoms with Gasteiger partial charge in [0, 0.05) is 18.0 Å². The van der Waals surface area contributed by atoms with Crippen LogP contribution in [-0.4, -0.2) is 19.4 Å². The molecule has 0 aliphatic carbocycles. The van der Waals surface area contributed by atoms with E-state index in [1.807, 2.05) is 29.5 Å². The van der Waals surface area contributed by atoms with Gasteiger partial charge >= 0.3 is 0 Å². The Morgan fingerprint density at radius 3 is 2.95 bits per heavy atom. The van der Waals surface area contributed by atoms with Crippen molar-refractivity contribution in [3.05, 3.63) is 45.6 Å². The van der Waals surface area contributed by atoms with E-state index < -0.39 is 0 Å². The maximum Gasteiger partial charge on any atom is 0.165 e. The molecule has 20 heavy (non-hydrogen) atoms. The minimum atomic E-state index is 0.0496. The number of carbonyl (C=O) groups is 1. The highest BCUT2D eigenvalue weighted by Crippen LogP contribution is 2.34. The molecule has 1 aliphatic heterocycles. The summed E-state index contributed by atoms with van der Waals surface area (Å²) in [4.78, 5) is 15.7. The zero-order valence-corrected chi connectivity index (χ0v) is 12.5. The van der Waals surface area contributed by atoms with E-state index in [4.69, 9.17) is 4.74 Å². The van der Waals surface area contributed by atoms with Crippen molar-refractivity contribution in [2.75, 3.05) is 18.6 Å². The van der Waals surface area contributed by atoms with Crippen LogP contribution in [0, 0.1) is 0 Å². The van der Waals surface area contributed by atoms with Crippen LogP contribution < -0.4 is 9.64 Å². The molecule has 0 saturated carbocycles. The summed E-state index contributed by atoms with van der Waals surface area (Å²) in [6.07, 6.45) is 1.04. The van der Waals surface area contributed by atoms with Gasteiger partial charge in [-0.15, -0.1) is 11.3 Å². The summed E-state index contributed by atoms with van der Waals surface area (Å²) in [5.41, 5.74) is 3.04. The number of anilines is 1. The van der Waals surface area contributed by atoms with Crippen molar-refractivity contribution in [1.29, 1.82) is 0 Å². The summed E-state index contributed by atoms with van der Waals surface area (Å²) in [6.45, 7) is 3.41. The van der Waals surface area contributed by atoms with E-state index in [-0.39, 0.29) is 5.78 Å². The lowest BCUT2D eigenvalue weighted by Crippen LogP contribution is -2.30. The van der Waals surface area contributed by atoms with Crippen LogP contribution in [0.4, 0.5) is 5.69 Å². The van der Waals surface area contributed by atoms with Crippen LogP contribution in [0.1, 0.15) is 27.7 Å². The van der Waals surface area contributed by atoms with Crippen molar-refractivity contribution < 1.29 is 9.53 Å². The normalized spacial score (nSPS) is 14.0. The van der Waals surface area contributed by atoms with Gasteiger partial charge in [-0.1, -0.05) is 6.07 Å². The molecule has 0 saturated heterocycles. The number of methoxy groups -OCH3 is 1. The minimum Gasteiger partial charge on any atom is -0.496 e. The van der Waals surface area contributed by atoms with Gasteiger partial charge in [-0.25, -0.2) is 0 Å². The molecule has 1 aromatic carbocycles. The molecule has 2 heterocycles. The molecule has 0 fully saturated rings. The number of hydrogen-bond donors (Lipinski definition) is 0. The molecule has 0 spiro atoms. The van der Waals surface area contributed by atoms with Gasteiger partial charge in [0.25, 0.3) is 0 Å². The van der Waals surface area contributed by atoms with E-state index in [9.17, 15) is 4.79 Å². The summed E-state index contributed by atoms with van der Waals surface area (Å²) < 4.78 is 5.35. The highest BCUT2D eigenvalue weighted by atomic mass is 32.1. The molecule has 3 rings (SSSR count). The molecule has 3 nitrogen and oxygen atoms in total. The number of rotatable bonds is 3. The molecule has 0 atom stereocenters. The fourth-order valence-corrected chi connectivity index (χ4v) is 3.65. The van der Waals surface area contributed by atoms with Crippen molar-refractivity contribution in [3.63, 3.8) is 0 Å². The molecule has 0 radical (unpaired) electrons. The first kappa shape index (κ1) is 13.2. The molecule has 0 bridgehead atoms. The summed E-state index contributed by atoms with van der Waals surface area (Å²) in [5, 5.41) is 2.14. The number of thiophene rings is 1. The Morgan fingerprint density at radius 1 is 1.35 bits per heavy atom. The number of nitrogens with zero attached hydrogens (tertiary/aromatic N) is 1. The van der Waals surface area contributed by atoms with Crippen LogP contribution in [-0.2, 0) is 13.0 Å². The Balaban J connectivity index is 2.01. The zero-order valence-electron chi connectivity index (χ0n) is 11.7. The number of Topliss-reactive ketones (excluding diaryl/α,β-unsaturated/α-hetero) is 1. The number of carbonyl (C=O) groups excluding carboxylic acids is 1. The largest absolute Gasteiger partial charge is 0.496 e. The third-order valence-electron chi connectivity index (χ3n) is 3.72. The number of fused-ring (bicyclic) bond motifs is 1. The number of hydrogen-bond acceptors (Lipinski definition) is 4. The average Bonchev–Trinajstić information content (AvgIpc) is 2.93. The van der Waals surface area contributed by atoms with E-state index in [2.05, 4.69) is 16.3 Å². The van der Waals surface area contributed by atoms with E-state index in [0.29, 0.717) is 11.3 Å². The minimum absolute atomic E-state index is 0.0496. The molecule has 0 N–H and O–H groups in total. The molecule has 1 aromatic heterocycles. The van der Waals surface area contributed by atoms with Crippen LogP contribution >= 0.6 is 11.3 Å². The second-order valence-electron chi connectivity index (χ2n) is 4.95. The maximum atomic E-state index is 12.0. The van der Waals surface area contributed by atoms with Crippen molar-refractivity contribution in [2.45, 2.75) is 19.9 Å². The number of benzene rings is 1. The molecule has 1 aliphatic rings. The predicted octanol–water partition coefficient (Wildman–Crippen LogP) is 3.52. The summed E-state index contributed by atoms with van der Waals surface area (Å²) >= 11 is 1.82. The lowest BCUT2D eigenvalue weighted by Gasteiger charge is -2.30. The van der Waals surface area contributed by atoms with Gasteiger partial charge in [0.15, 0.2) is 5.78 Å². The SMILES string of the molecule is COc1cccc(N2CCc3sccc3C2)c1C(C)=O. The second-order valence-corrected chi connectivity index (χ2v) is 5.95. The second kappa shape index (κ2) is 5.29. The van der Waals surface area contributed by atoms with Crippen molar-refractivity contribution in [2.24, 2.45) is 0 Å². The van der Waals surface area contributed by atoms with E-state index in [0.717, 1.165) is 25.2 Å². The van der Waals surface area contributed by atoms with Crippen LogP contribution in [0.5, 0.6) is 5.75 Å². The Kier molecular flexibility index (Phi) is 3.49. The quantitative estimate of drug-likeness (QED) is 0.809. The van der Waals surface area contributed by atoms with E-state index in [1.165, 1.54) is 10.4 Å². The molecule has 2 aromatic rings. The van der Waals surface area contributed by atoms with Gasteiger partial charge in [-0.3, -0.25) is 4.79 Å². The van der Waals surface area contributed by atoms with Crippen LogP contribution in [0.15, 0.2) is 29.6 Å². The first-order chi connectivity index (χ1) is 9.70. The average molecular weight is 287 g/mol. The molecular weight excluding hydrogens is 270 g/mol. The molecule has 0 amide bonds. The third-order valence-corrected chi connectivity index (χ3v) is 4.75. The number of ketones is 1. The lowest BCUT2D eigenvalue weighted by molar-refractivity contribution is 0.101. The number of ether oxygens (including phenoxy) is 1. The van der Waals surface area contributed by atoms with E-state index in [1.54, 1.807) is 14.0 Å². The van der Waals surface area contributed by atoms with Gasteiger partial charge in [-0.2, -0.15) is 0 Å². The third kappa shape index (κ3) is 2.20. The van der Waals surface area contributed by atoms with Crippen LogP contribution in [0.2, 0.25) is 0 Å². The standard InChI is InChI=1S/C16H17NO2S/c1-11(18)16-13(4-3-5-14(16)19-2)17-8-6-15-12(10-17)7-9-20-15/h3-5,7,9H,6,8,10H2,1-2H3. The van der Waals surface area contributed by atoms with E-state index >= 15 is 0 Å². The van der Waals surface area contributed by atoms with Crippen LogP contribution in [0.25, 0.3) is 0 Å². The monoisotopic (exact) mass is 287 g/mol. The van der Waals surface area contributed by atoms with Crippen molar-refractivity contribution >= 4 is 22.8 Å². The summed E-state index contributed by atoms with van der Waals surface area (Å²) in [5.74, 6) is 0.708. The Hall–Kier alpha value is -1.81. The molecule has 4 heteroatoms. The van der Waals surface area contributed by atoms with Crippen LogP contribution in [0.3, 0.4) is 0 Å². The Labute approximate surface area is 122 Å². The smallest absolute Gasteiger partial charge is 0.165 e. The first-order valence-electron chi connectivity index (χ1n) is 6.69. The summed E-state index contributed by atoms with van der Waals surface area (Å²) in [7, 11) is 1.61. The highest BCUT2D eigenvalue weighted by Gasteiger charge is 2.22. The van der Waals surface area contributed by atoms with Gasteiger partial charge < -0.3 is 9.64 Å². The van der Waals surface area contributed by atoms with Gasteiger partial charge in [0.05, 0.1) is 18.4 Å². The molecular formula is C16H17NO2S. The first-order valence-corrected chi connectivity index (χ1v) is 7.57. The lowest BCUT2D eigenvalue weighted by atomic mass is 10.0. The fourth-order valence-electron chi connectivity index (χ4n) is 2.76. The van der Waals surface area contributed by atoms with Gasteiger partial charge in [0.2, 0.25) is 0 Å². The highest BCUT2D eigenvalue weighted by molar-refractivity contribution is 7.10. The van der Waals surface area contributed by atoms with Gasteiger partial charge in [0.1, 0.15) is 5.75 Å². The van der Waals surface area contributed by atoms with Gasteiger partial charge in [-0.05, 0) is 42.5 Å². The topological polar surface area (TPSA) is 29.5 Å².